The first-order valence-electron chi connectivity index (χ1n) is 7.12. The highest BCUT2D eigenvalue weighted by atomic mass is 79.9. The van der Waals surface area contributed by atoms with E-state index in [1.165, 1.54) is 11.4 Å². The minimum atomic E-state index is 0.375. The average Bonchev–Trinajstić information content (AvgIpc) is 2.74. The van der Waals surface area contributed by atoms with Crippen LogP contribution in [-0.4, -0.2) is 27.8 Å². The maximum atomic E-state index is 4.43. The van der Waals surface area contributed by atoms with Crippen molar-refractivity contribution in [2.75, 3.05) is 18.1 Å². The molecule has 1 rings (SSSR count). The Morgan fingerprint density at radius 2 is 2.11 bits per heavy atom. The fraction of sp³-hybridized carbons (Fsp3) is 0.786. The molecule has 1 aromatic heterocycles. The van der Waals surface area contributed by atoms with Gasteiger partial charge >= 0.3 is 0 Å². The molecule has 1 unspecified atom stereocenters. The van der Waals surface area contributed by atoms with Gasteiger partial charge in [-0.15, -0.1) is 0 Å². The zero-order valence-electron chi connectivity index (χ0n) is 12.4. The monoisotopic (exact) mass is 347 g/mol. The first-order valence-corrected chi connectivity index (χ1v) is 9.07. The largest absolute Gasteiger partial charge is 0.308 e. The van der Waals surface area contributed by atoms with Gasteiger partial charge in [0, 0.05) is 12.3 Å². The molecule has 1 aromatic rings. The van der Waals surface area contributed by atoms with Gasteiger partial charge in [-0.05, 0) is 47.5 Å². The molecule has 1 atom stereocenters. The van der Waals surface area contributed by atoms with Crippen molar-refractivity contribution in [2.24, 2.45) is 5.92 Å². The molecule has 5 heteroatoms. The summed E-state index contributed by atoms with van der Waals surface area (Å²) in [6.45, 7) is 10.9. The van der Waals surface area contributed by atoms with Crippen LogP contribution in [0.2, 0.25) is 0 Å². The molecule has 0 radical (unpaired) electrons. The van der Waals surface area contributed by atoms with E-state index in [-0.39, 0.29) is 0 Å². The number of rotatable bonds is 9. The van der Waals surface area contributed by atoms with Crippen LogP contribution in [0.4, 0.5) is 0 Å². The number of aryl methyl sites for hydroxylation is 1. The number of hydrogen-bond acceptors (Lipinski definition) is 3. The number of aromatic nitrogens is 2. The molecule has 0 aliphatic carbocycles. The standard InChI is InChI=1S/C14H26BrN3S/c1-5-7-16-13(10-19-9-11(3)4)14-12(15)8-17-18(14)6-2/h8,11,13,16H,5-7,9-10H2,1-4H3. The van der Waals surface area contributed by atoms with Crippen LogP contribution in [0.5, 0.6) is 0 Å². The second kappa shape index (κ2) is 9.03. The lowest BCUT2D eigenvalue weighted by Crippen LogP contribution is -2.27. The van der Waals surface area contributed by atoms with E-state index in [1.807, 2.05) is 18.0 Å². The fourth-order valence-corrected chi connectivity index (χ4v) is 3.64. The quantitative estimate of drug-likeness (QED) is 0.729. The summed E-state index contributed by atoms with van der Waals surface area (Å²) in [5, 5.41) is 8.08. The van der Waals surface area contributed by atoms with Crippen molar-refractivity contribution in [1.82, 2.24) is 15.1 Å². The molecule has 1 N–H and O–H groups in total. The van der Waals surface area contributed by atoms with E-state index in [2.05, 4.69) is 58.7 Å². The molecule has 0 aliphatic rings. The molecule has 0 fully saturated rings. The Labute approximate surface area is 130 Å². The van der Waals surface area contributed by atoms with Crippen LogP contribution >= 0.6 is 27.7 Å². The topological polar surface area (TPSA) is 29.9 Å². The number of halogens is 1. The molecule has 0 amide bonds. The first kappa shape index (κ1) is 17.1. The maximum Gasteiger partial charge on any atom is 0.0703 e. The van der Waals surface area contributed by atoms with E-state index in [0.29, 0.717) is 6.04 Å². The minimum absolute atomic E-state index is 0.375. The molecule has 19 heavy (non-hydrogen) atoms. The highest BCUT2D eigenvalue weighted by Gasteiger charge is 2.19. The smallest absolute Gasteiger partial charge is 0.0703 e. The molecule has 110 valence electrons. The highest BCUT2D eigenvalue weighted by molar-refractivity contribution is 9.10. The Kier molecular flexibility index (Phi) is 8.11. The van der Waals surface area contributed by atoms with Gasteiger partial charge in [0.25, 0.3) is 0 Å². The van der Waals surface area contributed by atoms with Crippen molar-refractivity contribution in [2.45, 2.75) is 46.7 Å². The van der Waals surface area contributed by atoms with E-state index >= 15 is 0 Å². The molecule has 3 nitrogen and oxygen atoms in total. The SMILES string of the molecule is CCCNC(CSCC(C)C)c1c(Br)cnn1CC. The number of nitrogens with zero attached hydrogens (tertiary/aromatic N) is 2. The molecular weight excluding hydrogens is 322 g/mol. The summed E-state index contributed by atoms with van der Waals surface area (Å²) in [5.41, 5.74) is 1.28. The highest BCUT2D eigenvalue weighted by Crippen LogP contribution is 2.26. The summed E-state index contributed by atoms with van der Waals surface area (Å²) in [6, 6.07) is 0.375. The minimum Gasteiger partial charge on any atom is -0.308 e. The lowest BCUT2D eigenvalue weighted by Gasteiger charge is -2.20. The van der Waals surface area contributed by atoms with Crippen LogP contribution in [-0.2, 0) is 6.54 Å². The summed E-state index contributed by atoms with van der Waals surface area (Å²) >= 11 is 5.66. The molecule has 0 saturated heterocycles. The zero-order chi connectivity index (χ0) is 14.3. The summed E-state index contributed by atoms with van der Waals surface area (Å²) in [4.78, 5) is 0. The number of hydrogen-bond donors (Lipinski definition) is 1. The van der Waals surface area contributed by atoms with Crippen LogP contribution in [0, 0.1) is 5.92 Å². The van der Waals surface area contributed by atoms with Gasteiger partial charge in [-0.1, -0.05) is 20.8 Å². The zero-order valence-corrected chi connectivity index (χ0v) is 14.9. The van der Waals surface area contributed by atoms with Crippen molar-refractivity contribution in [3.63, 3.8) is 0 Å². The van der Waals surface area contributed by atoms with Crippen LogP contribution < -0.4 is 5.32 Å². The van der Waals surface area contributed by atoms with Crippen molar-refractivity contribution in [1.29, 1.82) is 0 Å². The fourth-order valence-electron chi connectivity index (χ4n) is 1.95. The molecule has 0 aromatic carbocycles. The van der Waals surface area contributed by atoms with Crippen molar-refractivity contribution >= 4 is 27.7 Å². The van der Waals surface area contributed by atoms with Crippen molar-refractivity contribution in [3.05, 3.63) is 16.4 Å². The van der Waals surface area contributed by atoms with Crippen LogP contribution in [0.15, 0.2) is 10.7 Å². The van der Waals surface area contributed by atoms with Crippen LogP contribution in [0.1, 0.15) is 45.9 Å². The van der Waals surface area contributed by atoms with Gasteiger partial charge in [-0.25, -0.2) is 0 Å². The predicted molar refractivity (Wildman–Crippen MR) is 88.8 cm³/mol. The van der Waals surface area contributed by atoms with Gasteiger partial charge in [-0.2, -0.15) is 16.9 Å². The van der Waals surface area contributed by atoms with Crippen molar-refractivity contribution in [3.8, 4) is 0 Å². The molecule has 0 aliphatic heterocycles. The summed E-state index contributed by atoms with van der Waals surface area (Å²) in [6.07, 6.45) is 3.07. The lowest BCUT2D eigenvalue weighted by molar-refractivity contribution is 0.512. The van der Waals surface area contributed by atoms with Gasteiger partial charge in [-0.3, -0.25) is 4.68 Å². The Morgan fingerprint density at radius 1 is 1.37 bits per heavy atom. The summed E-state index contributed by atoms with van der Waals surface area (Å²) in [5.74, 6) is 3.06. The number of thioether (sulfide) groups is 1. The van der Waals surface area contributed by atoms with Gasteiger partial charge in [0.05, 0.1) is 22.4 Å². The molecular formula is C14H26BrN3S. The second-order valence-electron chi connectivity index (χ2n) is 5.13. The van der Waals surface area contributed by atoms with E-state index < -0.39 is 0 Å². The van der Waals surface area contributed by atoms with Crippen LogP contribution in [0.3, 0.4) is 0 Å². The Morgan fingerprint density at radius 3 is 2.68 bits per heavy atom. The van der Waals surface area contributed by atoms with E-state index in [4.69, 9.17) is 0 Å². The third kappa shape index (κ3) is 5.48. The van der Waals surface area contributed by atoms with Crippen LogP contribution in [0.25, 0.3) is 0 Å². The first-order chi connectivity index (χ1) is 9.10. The molecule has 0 saturated carbocycles. The normalized spacial score (nSPS) is 13.2. The van der Waals surface area contributed by atoms with Gasteiger partial charge < -0.3 is 5.32 Å². The summed E-state index contributed by atoms with van der Waals surface area (Å²) in [7, 11) is 0. The Bertz CT molecular complexity index is 366. The molecule has 0 bridgehead atoms. The second-order valence-corrected chi connectivity index (χ2v) is 7.06. The Hall–Kier alpha value is 0. The van der Waals surface area contributed by atoms with Gasteiger partial charge in [0.1, 0.15) is 0 Å². The molecule has 1 heterocycles. The summed E-state index contributed by atoms with van der Waals surface area (Å²) < 4.78 is 3.21. The third-order valence-electron chi connectivity index (χ3n) is 2.84. The van der Waals surface area contributed by atoms with E-state index in [9.17, 15) is 0 Å². The van der Waals surface area contributed by atoms with Crippen molar-refractivity contribution < 1.29 is 0 Å². The Balaban J connectivity index is 2.73. The maximum absolute atomic E-state index is 4.43. The predicted octanol–water partition coefficient (Wildman–Crippen LogP) is 4.10. The van der Waals surface area contributed by atoms with Gasteiger partial charge in [0.2, 0.25) is 0 Å². The average molecular weight is 348 g/mol. The third-order valence-corrected chi connectivity index (χ3v) is 4.92. The van der Waals surface area contributed by atoms with E-state index in [0.717, 1.165) is 35.7 Å². The van der Waals surface area contributed by atoms with Gasteiger partial charge in [0.15, 0.2) is 0 Å². The number of nitrogens with one attached hydrogen (secondary N) is 1. The van der Waals surface area contributed by atoms with E-state index in [1.54, 1.807) is 0 Å². The molecule has 0 spiro atoms. The lowest BCUT2D eigenvalue weighted by atomic mass is 10.2.